The summed E-state index contributed by atoms with van der Waals surface area (Å²) in [4.78, 5) is 6.52. The molecule has 0 saturated carbocycles. The number of ether oxygens (including phenoxy) is 2. The van der Waals surface area contributed by atoms with Gasteiger partial charge >= 0.3 is 0 Å². The van der Waals surface area contributed by atoms with E-state index >= 15 is 0 Å². The topological polar surface area (TPSA) is 101 Å². The zero-order valence-electron chi connectivity index (χ0n) is 21.1. The Morgan fingerprint density at radius 3 is 2.59 bits per heavy atom. The number of aliphatic hydroxyl groups is 1. The van der Waals surface area contributed by atoms with Crippen LogP contribution in [0.2, 0.25) is 0 Å². The molecule has 8 nitrogen and oxygen atoms in total. The number of nitrogens with one attached hydrogen (secondary N) is 1. The van der Waals surface area contributed by atoms with Crippen molar-refractivity contribution in [2.24, 2.45) is 0 Å². The molecule has 0 bridgehead atoms. The summed E-state index contributed by atoms with van der Waals surface area (Å²) in [5.41, 5.74) is 2.75. The Kier molecular flexibility index (Phi) is 9.65. The highest BCUT2D eigenvalue weighted by atomic mass is 32.2. The van der Waals surface area contributed by atoms with Crippen LogP contribution in [0.5, 0.6) is 5.75 Å². The quantitative estimate of drug-likeness (QED) is 0.375. The van der Waals surface area contributed by atoms with Crippen molar-refractivity contribution in [1.29, 1.82) is 0 Å². The van der Waals surface area contributed by atoms with Crippen molar-refractivity contribution < 1.29 is 23.0 Å². The summed E-state index contributed by atoms with van der Waals surface area (Å²) in [5.74, 6) is 0.644. The van der Waals surface area contributed by atoms with Crippen molar-refractivity contribution in [3.05, 3.63) is 78.6 Å². The van der Waals surface area contributed by atoms with Crippen LogP contribution in [0.25, 0.3) is 11.1 Å². The van der Waals surface area contributed by atoms with Gasteiger partial charge in [-0.25, -0.2) is 13.1 Å². The van der Waals surface area contributed by atoms with E-state index in [1.54, 1.807) is 30.6 Å². The molecule has 1 aliphatic rings. The fraction of sp³-hybridized carbons (Fsp3) is 0.393. The Morgan fingerprint density at radius 1 is 1.08 bits per heavy atom. The second kappa shape index (κ2) is 13.1. The summed E-state index contributed by atoms with van der Waals surface area (Å²) in [7, 11) is -3.62. The van der Waals surface area contributed by atoms with Crippen LogP contribution < -0.4 is 9.46 Å². The Morgan fingerprint density at radius 2 is 1.86 bits per heavy atom. The van der Waals surface area contributed by atoms with E-state index in [0.717, 1.165) is 36.2 Å². The molecule has 2 unspecified atom stereocenters. The van der Waals surface area contributed by atoms with Crippen molar-refractivity contribution >= 4 is 10.0 Å². The summed E-state index contributed by atoms with van der Waals surface area (Å²) in [6.45, 7) is 5.86. The number of benzene rings is 2. The Hall–Kier alpha value is -2.82. The minimum Gasteiger partial charge on any atom is -0.488 e. The first-order valence-corrected chi connectivity index (χ1v) is 14.1. The van der Waals surface area contributed by atoms with Crippen LogP contribution in [-0.2, 0) is 21.2 Å². The lowest BCUT2D eigenvalue weighted by atomic mass is 10.0. The predicted octanol–water partition coefficient (Wildman–Crippen LogP) is 3.12. The molecule has 1 fully saturated rings. The molecule has 9 heteroatoms. The average molecular weight is 526 g/mol. The van der Waals surface area contributed by atoms with E-state index in [1.165, 1.54) is 0 Å². The fourth-order valence-corrected chi connectivity index (χ4v) is 5.27. The van der Waals surface area contributed by atoms with Crippen LogP contribution in [0, 0.1) is 0 Å². The summed E-state index contributed by atoms with van der Waals surface area (Å²) in [6, 6.07) is 18.2. The van der Waals surface area contributed by atoms with Gasteiger partial charge in [0, 0.05) is 38.6 Å². The predicted molar refractivity (Wildman–Crippen MR) is 143 cm³/mol. The van der Waals surface area contributed by atoms with E-state index in [-0.39, 0.29) is 11.0 Å². The molecule has 1 aromatic heterocycles. The number of morpholine rings is 1. The lowest BCUT2D eigenvalue weighted by molar-refractivity contribution is 0.0390. The Labute approximate surface area is 219 Å². The Balaban J connectivity index is 1.31. The van der Waals surface area contributed by atoms with Crippen LogP contribution in [0.1, 0.15) is 18.9 Å². The largest absolute Gasteiger partial charge is 0.488 e. The van der Waals surface area contributed by atoms with E-state index in [2.05, 4.69) is 14.6 Å². The number of hydrogen-bond donors (Lipinski definition) is 2. The molecular weight excluding hydrogens is 490 g/mol. The van der Waals surface area contributed by atoms with Crippen molar-refractivity contribution in [1.82, 2.24) is 14.6 Å². The minimum absolute atomic E-state index is 0.234. The van der Waals surface area contributed by atoms with Crippen molar-refractivity contribution in [2.45, 2.75) is 36.9 Å². The Bertz CT molecular complexity index is 1220. The summed E-state index contributed by atoms with van der Waals surface area (Å²) in [6.07, 6.45) is 3.85. The maximum Gasteiger partial charge on any atom is 0.240 e. The van der Waals surface area contributed by atoms with Crippen LogP contribution in [0.4, 0.5) is 0 Å². The first kappa shape index (κ1) is 27.2. The SMILES string of the molecule is CC(Oc1ccc(-c2cccc(S(=O)(=O)NCCN3CCOCC3)c2)cc1)C(O)CCc1cccnc1. The van der Waals surface area contributed by atoms with Gasteiger partial charge in [-0.3, -0.25) is 9.88 Å². The molecule has 0 spiro atoms. The molecule has 0 aliphatic carbocycles. The van der Waals surface area contributed by atoms with Crippen molar-refractivity contribution in [3.63, 3.8) is 0 Å². The van der Waals surface area contributed by atoms with Crippen LogP contribution in [-0.4, -0.2) is 75.0 Å². The zero-order chi connectivity index (χ0) is 26.1. The third-order valence-electron chi connectivity index (χ3n) is 6.47. The molecular formula is C28H35N3O5S. The monoisotopic (exact) mass is 525 g/mol. The van der Waals surface area contributed by atoms with Gasteiger partial charge < -0.3 is 14.6 Å². The fourth-order valence-electron chi connectivity index (χ4n) is 4.20. The van der Waals surface area contributed by atoms with Crippen molar-refractivity contribution in [3.8, 4) is 16.9 Å². The van der Waals surface area contributed by atoms with Crippen molar-refractivity contribution in [2.75, 3.05) is 39.4 Å². The highest BCUT2D eigenvalue weighted by molar-refractivity contribution is 7.89. The minimum atomic E-state index is -3.62. The van der Waals surface area contributed by atoms with E-state index in [4.69, 9.17) is 9.47 Å². The van der Waals surface area contributed by atoms with Crippen LogP contribution in [0.3, 0.4) is 0 Å². The first-order valence-electron chi connectivity index (χ1n) is 12.6. The number of pyridine rings is 1. The summed E-state index contributed by atoms with van der Waals surface area (Å²) >= 11 is 0. The molecule has 198 valence electrons. The number of hydrogen-bond acceptors (Lipinski definition) is 7. The molecule has 2 atom stereocenters. The molecule has 37 heavy (non-hydrogen) atoms. The lowest BCUT2D eigenvalue weighted by Crippen LogP contribution is -2.41. The average Bonchev–Trinajstić information content (AvgIpc) is 2.93. The molecule has 1 saturated heterocycles. The highest BCUT2D eigenvalue weighted by Gasteiger charge is 2.18. The van der Waals surface area contributed by atoms with Gasteiger partial charge in [0.1, 0.15) is 11.9 Å². The number of sulfonamides is 1. The molecule has 2 N–H and O–H groups in total. The molecule has 3 aromatic rings. The number of rotatable bonds is 12. The molecule has 4 rings (SSSR count). The molecule has 1 aliphatic heterocycles. The van der Waals surface area contributed by atoms with Gasteiger partial charge in [0.15, 0.2) is 0 Å². The van der Waals surface area contributed by atoms with E-state index in [0.29, 0.717) is 38.5 Å². The van der Waals surface area contributed by atoms with Gasteiger partial charge in [0.2, 0.25) is 10.0 Å². The van der Waals surface area contributed by atoms with E-state index in [1.807, 2.05) is 49.4 Å². The van der Waals surface area contributed by atoms with Gasteiger partial charge in [0.05, 0.1) is 24.2 Å². The zero-order valence-corrected chi connectivity index (χ0v) is 21.9. The third kappa shape index (κ3) is 8.08. The second-order valence-electron chi connectivity index (χ2n) is 9.19. The number of aliphatic hydroxyl groups excluding tert-OH is 1. The molecule has 2 heterocycles. The van der Waals surface area contributed by atoms with E-state index < -0.39 is 16.1 Å². The van der Waals surface area contributed by atoms with Gasteiger partial charge in [-0.1, -0.05) is 30.3 Å². The van der Waals surface area contributed by atoms with E-state index in [9.17, 15) is 13.5 Å². The number of aryl methyl sites for hydroxylation is 1. The standard InChI is InChI=1S/C28H35N3O5S/c1-22(28(32)12-7-23-4-3-13-29-21-23)36-26-10-8-24(9-11-26)25-5-2-6-27(20-25)37(33,34)30-14-15-31-16-18-35-19-17-31/h2-6,8-11,13,20-22,28,30,32H,7,12,14-19H2,1H3. The van der Waals surface area contributed by atoms with Gasteiger partial charge in [-0.05, 0) is 66.8 Å². The number of nitrogens with zero attached hydrogens (tertiary/aromatic N) is 2. The maximum absolute atomic E-state index is 12.8. The summed E-state index contributed by atoms with van der Waals surface area (Å²) < 4.78 is 39.7. The summed E-state index contributed by atoms with van der Waals surface area (Å²) in [5, 5.41) is 10.5. The first-order chi connectivity index (χ1) is 17.9. The van der Waals surface area contributed by atoms with Crippen LogP contribution >= 0.6 is 0 Å². The molecule has 0 radical (unpaired) electrons. The maximum atomic E-state index is 12.8. The lowest BCUT2D eigenvalue weighted by Gasteiger charge is -2.26. The molecule has 2 aromatic carbocycles. The third-order valence-corrected chi connectivity index (χ3v) is 7.93. The van der Waals surface area contributed by atoms with Gasteiger partial charge in [-0.2, -0.15) is 0 Å². The van der Waals surface area contributed by atoms with Gasteiger partial charge in [-0.15, -0.1) is 0 Å². The van der Waals surface area contributed by atoms with Crippen LogP contribution in [0.15, 0.2) is 78.0 Å². The normalized spacial score (nSPS) is 16.3. The molecule has 0 amide bonds. The second-order valence-corrected chi connectivity index (χ2v) is 11.0. The highest BCUT2D eigenvalue weighted by Crippen LogP contribution is 2.25. The number of aromatic nitrogens is 1. The smallest absolute Gasteiger partial charge is 0.240 e. The van der Waals surface area contributed by atoms with Gasteiger partial charge in [0.25, 0.3) is 0 Å².